The van der Waals surface area contributed by atoms with Crippen molar-refractivity contribution in [2.45, 2.75) is 6.92 Å². The number of anilines is 2. The van der Waals surface area contributed by atoms with Gasteiger partial charge < -0.3 is 29.6 Å². The van der Waals surface area contributed by atoms with Gasteiger partial charge in [-0.05, 0) is 30.3 Å². The fourth-order valence-corrected chi connectivity index (χ4v) is 2.34. The van der Waals surface area contributed by atoms with Crippen LogP contribution in [0.15, 0.2) is 42.5 Å². The number of rotatable bonds is 9. The molecule has 0 heterocycles. The zero-order valence-electron chi connectivity index (χ0n) is 16.3. The highest BCUT2D eigenvalue weighted by atomic mass is 16.6. The summed E-state index contributed by atoms with van der Waals surface area (Å²) in [7, 11) is 2.93. The van der Waals surface area contributed by atoms with Crippen LogP contribution in [0.2, 0.25) is 0 Å². The molecule has 9 heteroatoms. The molecule has 9 nitrogen and oxygen atoms in total. The standard InChI is InChI=1S/C20H22N2O7/c1-13(23)21-14-8-9-16(26-2)15(10-14)22-19(24)11-29-20(25)12-28-18-7-5-4-6-17(18)27-3/h4-10H,11-12H2,1-3H3,(H,21,23)(H,22,24). The van der Waals surface area contributed by atoms with Gasteiger partial charge in [0.15, 0.2) is 24.7 Å². The Morgan fingerprint density at radius 2 is 1.55 bits per heavy atom. The van der Waals surface area contributed by atoms with E-state index in [2.05, 4.69) is 10.6 Å². The van der Waals surface area contributed by atoms with Crippen molar-refractivity contribution in [3.63, 3.8) is 0 Å². The van der Waals surface area contributed by atoms with Gasteiger partial charge in [-0.25, -0.2) is 4.79 Å². The number of carbonyl (C=O) groups is 3. The predicted octanol–water partition coefficient (Wildman–Crippen LogP) is 2.22. The zero-order chi connectivity index (χ0) is 21.2. The Labute approximate surface area is 167 Å². The van der Waals surface area contributed by atoms with Crippen LogP contribution in [-0.4, -0.2) is 45.2 Å². The van der Waals surface area contributed by atoms with Crippen LogP contribution in [-0.2, 0) is 19.1 Å². The van der Waals surface area contributed by atoms with Crippen LogP contribution in [0.3, 0.4) is 0 Å². The van der Waals surface area contributed by atoms with Gasteiger partial charge in [-0.2, -0.15) is 0 Å². The number of hydrogen-bond acceptors (Lipinski definition) is 7. The molecule has 0 aliphatic carbocycles. The molecule has 0 aromatic heterocycles. The first-order chi connectivity index (χ1) is 13.9. The van der Waals surface area contributed by atoms with Crippen molar-refractivity contribution < 1.29 is 33.3 Å². The molecular formula is C20H22N2O7. The average molecular weight is 402 g/mol. The molecule has 154 valence electrons. The molecule has 2 aromatic rings. The molecule has 2 rings (SSSR count). The van der Waals surface area contributed by atoms with Crippen molar-refractivity contribution >= 4 is 29.2 Å². The van der Waals surface area contributed by atoms with Crippen molar-refractivity contribution in [2.24, 2.45) is 0 Å². The average Bonchev–Trinajstić information content (AvgIpc) is 2.70. The number of hydrogen-bond donors (Lipinski definition) is 2. The number of amides is 2. The van der Waals surface area contributed by atoms with Crippen molar-refractivity contribution in [1.82, 2.24) is 0 Å². The molecule has 0 radical (unpaired) electrons. The van der Waals surface area contributed by atoms with E-state index in [1.165, 1.54) is 27.2 Å². The molecule has 0 saturated carbocycles. The minimum atomic E-state index is -0.718. The minimum absolute atomic E-state index is 0.253. The van der Waals surface area contributed by atoms with Gasteiger partial charge in [0, 0.05) is 12.6 Å². The Kier molecular flexibility index (Phi) is 7.84. The molecule has 2 amide bonds. The quantitative estimate of drug-likeness (QED) is 0.619. The molecule has 2 N–H and O–H groups in total. The molecule has 0 spiro atoms. The van der Waals surface area contributed by atoms with Crippen molar-refractivity contribution in [3.8, 4) is 17.2 Å². The molecule has 0 fully saturated rings. The molecular weight excluding hydrogens is 380 g/mol. The Balaban J connectivity index is 1.87. The number of esters is 1. The number of methoxy groups -OCH3 is 2. The summed E-state index contributed by atoms with van der Waals surface area (Å²) < 4.78 is 20.5. The van der Waals surface area contributed by atoms with E-state index in [0.717, 1.165) is 0 Å². The molecule has 0 unspecified atom stereocenters. The molecule has 29 heavy (non-hydrogen) atoms. The Hall–Kier alpha value is -3.75. The van der Waals surface area contributed by atoms with Gasteiger partial charge in [0.25, 0.3) is 5.91 Å². The first-order valence-corrected chi connectivity index (χ1v) is 8.60. The van der Waals surface area contributed by atoms with Gasteiger partial charge in [0.1, 0.15) is 5.75 Å². The van der Waals surface area contributed by atoms with E-state index in [0.29, 0.717) is 28.6 Å². The zero-order valence-corrected chi connectivity index (χ0v) is 16.3. The Bertz CT molecular complexity index is 883. The van der Waals surface area contributed by atoms with E-state index in [1.54, 1.807) is 36.4 Å². The molecule has 0 aliphatic rings. The fraction of sp³-hybridized carbons (Fsp3) is 0.250. The van der Waals surface area contributed by atoms with Gasteiger partial charge in [-0.1, -0.05) is 12.1 Å². The summed E-state index contributed by atoms with van der Waals surface area (Å²) in [5.74, 6) is -0.297. The number of ether oxygens (including phenoxy) is 4. The van der Waals surface area contributed by atoms with E-state index in [-0.39, 0.29) is 12.5 Å². The Morgan fingerprint density at radius 3 is 2.21 bits per heavy atom. The maximum atomic E-state index is 12.1. The third kappa shape index (κ3) is 6.73. The fourth-order valence-electron chi connectivity index (χ4n) is 2.34. The summed E-state index contributed by atoms with van der Waals surface area (Å²) in [5, 5.41) is 5.17. The molecule has 0 saturated heterocycles. The summed E-state index contributed by atoms with van der Waals surface area (Å²) >= 11 is 0. The summed E-state index contributed by atoms with van der Waals surface area (Å²) in [6.45, 7) is 0.478. The summed E-state index contributed by atoms with van der Waals surface area (Å²) in [6.07, 6.45) is 0. The van der Waals surface area contributed by atoms with Crippen LogP contribution in [0.4, 0.5) is 11.4 Å². The van der Waals surface area contributed by atoms with Gasteiger partial charge >= 0.3 is 5.97 Å². The van der Waals surface area contributed by atoms with Crippen molar-refractivity contribution in [3.05, 3.63) is 42.5 Å². The first kappa shape index (κ1) is 21.5. The lowest BCUT2D eigenvalue weighted by Gasteiger charge is -2.13. The smallest absolute Gasteiger partial charge is 0.344 e. The lowest BCUT2D eigenvalue weighted by Crippen LogP contribution is -2.24. The monoisotopic (exact) mass is 402 g/mol. The maximum absolute atomic E-state index is 12.1. The highest BCUT2D eigenvalue weighted by molar-refractivity contribution is 5.96. The lowest BCUT2D eigenvalue weighted by molar-refractivity contribution is -0.149. The van der Waals surface area contributed by atoms with Crippen molar-refractivity contribution in [2.75, 3.05) is 38.1 Å². The second kappa shape index (κ2) is 10.5. The largest absolute Gasteiger partial charge is 0.495 e. The van der Waals surface area contributed by atoms with Crippen LogP contribution in [0, 0.1) is 0 Å². The van der Waals surface area contributed by atoms with E-state index in [4.69, 9.17) is 18.9 Å². The number of carbonyl (C=O) groups excluding carboxylic acids is 3. The number of para-hydroxylation sites is 2. The van der Waals surface area contributed by atoms with Crippen LogP contribution in [0.25, 0.3) is 0 Å². The topological polar surface area (TPSA) is 112 Å². The predicted molar refractivity (Wildman–Crippen MR) is 105 cm³/mol. The summed E-state index contributed by atoms with van der Waals surface area (Å²) in [5.41, 5.74) is 0.806. The molecule has 0 bridgehead atoms. The van der Waals surface area contributed by atoms with Gasteiger partial charge in [0.05, 0.1) is 19.9 Å². The minimum Gasteiger partial charge on any atom is -0.495 e. The lowest BCUT2D eigenvalue weighted by atomic mass is 10.2. The second-order valence-corrected chi connectivity index (χ2v) is 5.74. The summed E-state index contributed by atoms with van der Waals surface area (Å²) in [4.78, 5) is 35.1. The molecule has 2 aromatic carbocycles. The first-order valence-electron chi connectivity index (χ1n) is 8.60. The normalized spacial score (nSPS) is 9.90. The third-order valence-corrected chi connectivity index (χ3v) is 3.57. The summed E-state index contributed by atoms with van der Waals surface area (Å²) in [6, 6.07) is 11.6. The van der Waals surface area contributed by atoms with E-state index in [9.17, 15) is 14.4 Å². The van der Waals surface area contributed by atoms with Crippen LogP contribution >= 0.6 is 0 Å². The van der Waals surface area contributed by atoms with Crippen molar-refractivity contribution in [1.29, 1.82) is 0 Å². The highest BCUT2D eigenvalue weighted by Crippen LogP contribution is 2.28. The third-order valence-electron chi connectivity index (χ3n) is 3.57. The van der Waals surface area contributed by atoms with Gasteiger partial charge in [0.2, 0.25) is 5.91 Å². The Morgan fingerprint density at radius 1 is 0.862 bits per heavy atom. The van der Waals surface area contributed by atoms with Gasteiger partial charge in [-0.15, -0.1) is 0 Å². The second-order valence-electron chi connectivity index (χ2n) is 5.74. The van der Waals surface area contributed by atoms with Crippen LogP contribution in [0.5, 0.6) is 17.2 Å². The van der Waals surface area contributed by atoms with Crippen LogP contribution in [0.1, 0.15) is 6.92 Å². The van der Waals surface area contributed by atoms with E-state index in [1.807, 2.05) is 0 Å². The maximum Gasteiger partial charge on any atom is 0.344 e. The number of nitrogens with one attached hydrogen (secondary N) is 2. The molecule has 0 atom stereocenters. The number of benzene rings is 2. The highest BCUT2D eigenvalue weighted by Gasteiger charge is 2.13. The van der Waals surface area contributed by atoms with Crippen LogP contribution < -0.4 is 24.8 Å². The van der Waals surface area contributed by atoms with Gasteiger partial charge in [-0.3, -0.25) is 9.59 Å². The molecule has 0 aliphatic heterocycles. The van der Waals surface area contributed by atoms with E-state index >= 15 is 0 Å². The van der Waals surface area contributed by atoms with E-state index < -0.39 is 18.5 Å². The SMILES string of the molecule is COc1ccc(NC(C)=O)cc1NC(=O)COC(=O)COc1ccccc1OC.